The molecule has 1 aromatic heterocycles. The van der Waals surface area contributed by atoms with Gasteiger partial charge in [-0.2, -0.15) is 0 Å². The normalized spacial score (nSPS) is 16.3. The van der Waals surface area contributed by atoms with Crippen LogP contribution in [0.2, 0.25) is 0 Å². The first-order chi connectivity index (χ1) is 6.88. The summed E-state index contributed by atoms with van der Waals surface area (Å²) >= 11 is 1.77. The largest absolute Gasteiger partial charge is 0.323 e. The Bertz CT molecular complexity index is 271. The Balaban J connectivity index is 2.42. The third-order valence-corrected chi connectivity index (χ3v) is 3.53. The summed E-state index contributed by atoms with van der Waals surface area (Å²) in [5.74, 6) is 0.696. The molecule has 1 nitrogen and oxygen atoms in total. The first-order valence-corrected chi connectivity index (χ1v) is 6.55. The molecule has 0 aliphatic carbocycles. The van der Waals surface area contributed by atoms with Crippen LogP contribution in [0.3, 0.4) is 0 Å². The van der Waals surface area contributed by atoms with Gasteiger partial charge in [-0.15, -0.1) is 11.3 Å². The van der Waals surface area contributed by atoms with Crippen molar-refractivity contribution in [1.29, 1.82) is 0 Å². The van der Waals surface area contributed by atoms with Gasteiger partial charge in [-0.1, -0.05) is 33.8 Å². The minimum Gasteiger partial charge on any atom is -0.323 e. The maximum Gasteiger partial charge on any atom is 0.0392 e. The highest BCUT2D eigenvalue weighted by atomic mass is 32.1. The van der Waals surface area contributed by atoms with Crippen LogP contribution in [-0.2, 0) is 0 Å². The van der Waals surface area contributed by atoms with Crippen LogP contribution in [0, 0.1) is 11.3 Å². The molecule has 0 aromatic carbocycles. The molecular weight excluding hydrogens is 202 g/mol. The van der Waals surface area contributed by atoms with Crippen LogP contribution >= 0.6 is 11.3 Å². The number of thiophene rings is 1. The third kappa shape index (κ3) is 4.80. The first-order valence-electron chi connectivity index (χ1n) is 5.67. The molecule has 1 aromatic rings. The number of hydrogen-bond acceptors (Lipinski definition) is 2. The predicted octanol–water partition coefficient (Wildman–Crippen LogP) is 4.21. The zero-order valence-corrected chi connectivity index (χ0v) is 11.1. The van der Waals surface area contributed by atoms with Crippen LogP contribution < -0.4 is 5.73 Å². The second-order valence-electron chi connectivity index (χ2n) is 5.73. The monoisotopic (exact) mass is 225 g/mol. The highest BCUT2D eigenvalue weighted by Crippen LogP contribution is 2.30. The number of rotatable bonds is 4. The third-order valence-electron chi connectivity index (χ3n) is 2.53. The van der Waals surface area contributed by atoms with E-state index in [1.54, 1.807) is 11.3 Å². The van der Waals surface area contributed by atoms with Crippen molar-refractivity contribution in [3.8, 4) is 0 Å². The van der Waals surface area contributed by atoms with E-state index >= 15 is 0 Å². The van der Waals surface area contributed by atoms with Crippen molar-refractivity contribution < 1.29 is 0 Å². The average Bonchev–Trinajstić information content (AvgIpc) is 2.50. The Labute approximate surface area is 97.7 Å². The van der Waals surface area contributed by atoms with Crippen molar-refractivity contribution >= 4 is 11.3 Å². The van der Waals surface area contributed by atoms with Gasteiger partial charge in [0, 0.05) is 10.9 Å². The molecule has 0 fully saturated rings. The van der Waals surface area contributed by atoms with Gasteiger partial charge in [-0.05, 0) is 35.6 Å². The van der Waals surface area contributed by atoms with Crippen LogP contribution in [0.5, 0.6) is 0 Å². The molecule has 1 rings (SSSR count). The van der Waals surface area contributed by atoms with Gasteiger partial charge in [0.15, 0.2) is 0 Å². The van der Waals surface area contributed by atoms with E-state index in [0.29, 0.717) is 11.3 Å². The Morgan fingerprint density at radius 2 is 2.07 bits per heavy atom. The van der Waals surface area contributed by atoms with Gasteiger partial charge >= 0.3 is 0 Å². The smallest absolute Gasteiger partial charge is 0.0392 e. The lowest BCUT2D eigenvalue weighted by Gasteiger charge is -2.24. The van der Waals surface area contributed by atoms with Gasteiger partial charge in [0.1, 0.15) is 0 Å². The highest BCUT2D eigenvalue weighted by molar-refractivity contribution is 7.10. The maximum atomic E-state index is 6.17. The zero-order chi connectivity index (χ0) is 11.5. The molecule has 1 heterocycles. The molecule has 2 heteroatoms. The summed E-state index contributed by atoms with van der Waals surface area (Å²) in [5.41, 5.74) is 6.58. The van der Waals surface area contributed by atoms with E-state index in [4.69, 9.17) is 5.73 Å². The second kappa shape index (κ2) is 5.13. The molecule has 0 saturated carbocycles. The molecule has 2 N–H and O–H groups in total. The summed E-state index contributed by atoms with van der Waals surface area (Å²) < 4.78 is 0. The lowest BCUT2D eigenvalue weighted by Crippen LogP contribution is -2.17. The van der Waals surface area contributed by atoms with Gasteiger partial charge < -0.3 is 5.73 Å². The first kappa shape index (κ1) is 12.7. The fourth-order valence-electron chi connectivity index (χ4n) is 2.18. The fraction of sp³-hybridized carbons (Fsp3) is 0.692. The van der Waals surface area contributed by atoms with E-state index in [1.807, 2.05) is 0 Å². The molecule has 0 amide bonds. The van der Waals surface area contributed by atoms with E-state index in [0.717, 1.165) is 6.42 Å². The Kier molecular flexibility index (Phi) is 4.35. The Morgan fingerprint density at radius 1 is 1.40 bits per heavy atom. The van der Waals surface area contributed by atoms with E-state index in [2.05, 4.69) is 45.2 Å². The molecule has 0 radical (unpaired) electrons. The van der Waals surface area contributed by atoms with Gasteiger partial charge in [0.05, 0.1) is 0 Å². The van der Waals surface area contributed by atoms with E-state index in [9.17, 15) is 0 Å². The van der Waals surface area contributed by atoms with Crippen LogP contribution in [0.15, 0.2) is 17.5 Å². The molecule has 0 bridgehead atoms. The topological polar surface area (TPSA) is 26.0 Å². The molecule has 0 aliphatic rings. The molecular formula is C13H23NS. The predicted molar refractivity (Wildman–Crippen MR) is 69.1 cm³/mol. The summed E-state index contributed by atoms with van der Waals surface area (Å²) in [4.78, 5) is 1.32. The van der Waals surface area contributed by atoms with Gasteiger partial charge in [0.25, 0.3) is 0 Å². The van der Waals surface area contributed by atoms with E-state index < -0.39 is 0 Å². The molecule has 0 saturated heterocycles. The molecule has 2 unspecified atom stereocenters. The Hall–Kier alpha value is -0.340. The Morgan fingerprint density at radius 3 is 2.53 bits per heavy atom. The lowest BCUT2D eigenvalue weighted by atomic mass is 9.83. The van der Waals surface area contributed by atoms with E-state index in [1.165, 1.54) is 11.3 Å². The molecule has 2 atom stereocenters. The standard InChI is InChI=1S/C13H23NS/c1-10(9-13(2,3)4)8-11(14)12-6-5-7-15-12/h5-7,10-11H,8-9,14H2,1-4H3. The SMILES string of the molecule is CC(CC(N)c1cccs1)CC(C)(C)C. The minimum atomic E-state index is 0.224. The van der Waals surface area contributed by atoms with Gasteiger partial charge in [-0.25, -0.2) is 0 Å². The van der Waals surface area contributed by atoms with E-state index in [-0.39, 0.29) is 6.04 Å². The zero-order valence-electron chi connectivity index (χ0n) is 10.3. The number of nitrogens with two attached hydrogens (primary N) is 1. The minimum absolute atomic E-state index is 0.224. The second-order valence-corrected chi connectivity index (χ2v) is 6.71. The van der Waals surface area contributed by atoms with Crippen molar-refractivity contribution in [3.63, 3.8) is 0 Å². The summed E-state index contributed by atoms with van der Waals surface area (Å²) in [6.07, 6.45) is 2.34. The van der Waals surface area contributed by atoms with Crippen LogP contribution in [-0.4, -0.2) is 0 Å². The quantitative estimate of drug-likeness (QED) is 0.816. The summed E-state index contributed by atoms with van der Waals surface area (Å²) in [7, 11) is 0. The summed E-state index contributed by atoms with van der Waals surface area (Å²) in [6.45, 7) is 9.18. The fourth-order valence-corrected chi connectivity index (χ4v) is 2.92. The van der Waals surface area contributed by atoms with Gasteiger partial charge in [-0.3, -0.25) is 0 Å². The van der Waals surface area contributed by atoms with Crippen molar-refractivity contribution in [2.45, 2.75) is 46.6 Å². The molecule has 86 valence electrons. The lowest BCUT2D eigenvalue weighted by molar-refractivity contribution is 0.287. The maximum absolute atomic E-state index is 6.17. The number of hydrogen-bond donors (Lipinski definition) is 1. The van der Waals surface area contributed by atoms with Gasteiger partial charge in [0.2, 0.25) is 0 Å². The average molecular weight is 225 g/mol. The molecule has 0 aliphatic heterocycles. The molecule has 15 heavy (non-hydrogen) atoms. The van der Waals surface area contributed by atoms with Crippen molar-refractivity contribution in [3.05, 3.63) is 22.4 Å². The summed E-state index contributed by atoms with van der Waals surface area (Å²) in [6, 6.07) is 4.44. The van der Waals surface area contributed by atoms with Crippen LogP contribution in [0.1, 0.15) is 51.5 Å². The summed E-state index contributed by atoms with van der Waals surface area (Å²) in [5, 5.41) is 2.10. The molecule has 0 spiro atoms. The van der Waals surface area contributed by atoms with Crippen molar-refractivity contribution in [1.82, 2.24) is 0 Å². The van der Waals surface area contributed by atoms with Crippen LogP contribution in [0.4, 0.5) is 0 Å². The van der Waals surface area contributed by atoms with Crippen molar-refractivity contribution in [2.75, 3.05) is 0 Å². The van der Waals surface area contributed by atoms with Crippen molar-refractivity contribution in [2.24, 2.45) is 17.1 Å². The van der Waals surface area contributed by atoms with Crippen LogP contribution in [0.25, 0.3) is 0 Å². The highest BCUT2D eigenvalue weighted by Gasteiger charge is 2.18.